The van der Waals surface area contributed by atoms with E-state index in [1.54, 1.807) is 12.1 Å². The van der Waals surface area contributed by atoms with Crippen molar-refractivity contribution in [3.63, 3.8) is 0 Å². The maximum atomic E-state index is 13.3. The molecule has 0 saturated carbocycles. The van der Waals surface area contributed by atoms with Crippen molar-refractivity contribution >= 4 is 24.8 Å². The molecule has 1 saturated heterocycles. The average molecular weight is 307 g/mol. The maximum absolute atomic E-state index is 13.3. The van der Waals surface area contributed by atoms with Crippen molar-refractivity contribution in [3.8, 4) is 0 Å². The Bertz CT molecular complexity index is 420. The second kappa shape index (κ2) is 6.89. The van der Waals surface area contributed by atoms with E-state index in [9.17, 15) is 4.39 Å². The van der Waals surface area contributed by atoms with Crippen LogP contribution in [-0.4, -0.2) is 24.0 Å². The van der Waals surface area contributed by atoms with Gasteiger partial charge < -0.3 is 5.73 Å². The average Bonchev–Trinajstić information content (AvgIpc) is 2.73. The molecule has 0 aromatic heterocycles. The van der Waals surface area contributed by atoms with Gasteiger partial charge in [-0.1, -0.05) is 6.07 Å². The van der Waals surface area contributed by atoms with Gasteiger partial charge in [0, 0.05) is 25.2 Å². The van der Waals surface area contributed by atoms with Gasteiger partial charge in [-0.25, -0.2) is 4.39 Å². The van der Waals surface area contributed by atoms with E-state index in [1.165, 1.54) is 11.1 Å². The molecule has 0 bridgehead atoms. The first-order valence-corrected chi connectivity index (χ1v) is 6.52. The van der Waals surface area contributed by atoms with Crippen LogP contribution in [0.25, 0.3) is 0 Å². The third-order valence-electron chi connectivity index (χ3n) is 4.17. The molecule has 2 N–H and O–H groups in total. The predicted molar refractivity (Wildman–Crippen MR) is 80.7 cm³/mol. The Morgan fingerprint density at radius 1 is 1.11 bits per heavy atom. The Kier molecular flexibility index (Phi) is 6.06. The van der Waals surface area contributed by atoms with E-state index in [0.29, 0.717) is 12.1 Å². The lowest BCUT2D eigenvalue weighted by Crippen LogP contribution is -2.41. The molecule has 1 heterocycles. The van der Waals surface area contributed by atoms with E-state index in [4.69, 9.17) is 5.73 Å². The predicted octanol–water partition coefficient (Wildman–Crippen LogP) is 3.08. The summed E-state index contributed by atoms with van der Waals surface area (Å²) < 4.78 is 13.3. The number of likely N-dealkylation sites (tertiary alicyclic amines) is 1. The van der Waals surface area contributed by atoms with Gasteiger partial charge in [0.05, 0.1) is 0 Å². The normalized spacial score (nSPS) is 23.4. The van der Waals surface area contributed by atoms with Gasteiger partial charge in [0.15, 0.2) is 0 Å². The van der Waals surface area contributed by atoms with Gasteiger partial charge in [-0.2, -0.15) is 0 Å². The second-order valence-electron chi connectivity index (χ2n) is 5.27. The number of benzene rings is 1. The van der Waals surface area contributed by atoms with Gasteiger partial charge in [-0.05, 0) is 48.9 Å². The molecule has 1 aliphatic carbocycles. The highest BCUT2D eigenvalue weighted by molar-refractivity contribution is 5.85. The van der Waals surface area contributed by atoms with Gasteiger partial charge in [-0.15, -0.1) is 24.8 Å². The summed E-state index contributed by atoms with van der Waals surface area (Å²) in [5.41, 5.74) is 8.46. The summed E-state index contributed by atoms with van der Waals surface area (Å²) in [6.45, 7) is 2.11. The van der Waals surface area contributed by atoms with Crippen LogP contribution in [0.1, 0.15) is 36.4 Å². The standard InChI is InChI=1S/C14H19FN2.2ClH/c15-11-3-1-10-2-4-14(13(10)9-11)17-7-5-12(16)6-8-17;;/h1,3,9,12,14H,2,4-8,16H2;2*1H. The molecule has 1 aliphatic heterocycles. The van der Waals surface area contributed by atoms with Crippen LogP contribution in [0.2, 0.25) is 0 Å². The molecular weight excluding hydrogens is 286 g/mol. The summed E-state index contributed by atoms with van der Waals surface area (Å²) in [5.74, 6) is -0.107. The van der Waals surface area contributed by atoms with E-state index in [0.717, 1.165) is 38.8 Å². The number of hydrogen-bond acceptors (Lipinski definition) is 2. The lowest BCUT2D eigenvalue weighted by atomic mass is 10.0. The van der Waals surface area contributed by atoms with Crippen molar-refractivity contribution < 1.29 is 4.39 Å². The number of hydrogen-bond donors (Lipinski definition) is 1. The number of rotatable bonds is 1. The Morgan fingerprint density at radius 2 is 1.79 bits per heavy atom. The van der Waals surface area contributed by atoms with E-state index >= 15 is 0 Å². The number of nitrogens with two attached hydrogens (primary N) is 1. The third kappa shape index (κ3) is 3.40. The number of aryl methyl sites for hydroxylation is 1. The number of piperidine rings is 1. The minimum atomic E-state index is -0.107. The van der Waals surface area contributed by atoms with Crippen molar-refractivity contribution in [3.05, 3.63) is 35.1 Å². The molecule has 108 valence electrons. The highest BCUT2D eigenvalue weighted by atomic mass is 35.5. The molecule has 0 amide bonds. The van der Waals surface area contributed by atoms with Crippen LogP contribution < -0.4 is 5.73 Å². The molecule has 3 rings (SSSR count). The Balaban J connectivity index is 0.000000902. The summed E-state index contributed by atoms with van der Waals surface area (Å²) in [5, 5.41) is 0. The highest BCUT2D eigenvalue weighted by Crippen LogP contribution is 2.37. The number of halogens is 3. The molecule has 1 fully saturated rings. The summed E-state index contributed by atoms with van der Waals surface area (Å²) >= 11 is 0. The van der Waals surface area contributed by atoms with Crippen LogP contribution in [0.5, 0.6) is 0 Å². The maximum Gasteiger partial charge on any atom is 0.123 e. The molecule has 1 aromatic carbocycles. The smallest absolute Gasteiger partial charge is 0.123 e. The quantitative estimate of drug-likeness (QED) is 0.864. The first-order valence-electron chi connectivity index (χ1n) is 6.52. The fourth-order valence-electron chi connectivity index (χ4n) is 3.16. The molecule has 19 heavy (non-hydrogen) atoms. The Labute approximate surface area is 126 Å². The summed E-state index contributed by atoms with van der Waals surface area (Å²) in [6.07, 6.45) is 4.36. The second-order valence-corrected chi connectivity index (χ2v) is 5.27. The van der Waals surface area contributed by atoms with Crippen molar-refractivity contribution in [2.45, 2.75) is 37.8 Å². The molecule has 2 aliphatic rings. The number of nitrogens with zero attached hydrogens (tertiary/aromatic N) is 1. The first kappa shape index (κ1) is 16.7. The van der Waals surface area contributed by atoms with Gasteiger partial charge in [-0.3, -0.25) is 4.90 Å². The molecule has 1 aromatic rings. The van der Waals surface area contributed by atoms with Crippen LogP contribution in [-0.2, 0) is 6.42 Å². The zero-order valence-electron chi connectivity index (χ0n) is 10.8. The van der Waals surface area contributed by atoms with E-state index in [1.807, 2.05) is 6.07 Å². The molecule has 1 unspecified atom stereocenters. The zero-order chi connectivity index (χ0) is 11.8. The van der Waals surface area contributed by atoms with Gasteiger partial charge >= 0.3 is 0 Å². The van der Waals surface area contributed by atoms with Crippen LogP contribution >= 0.6 is 24.8 Å². The largest absolute Gasteiger partial charge is 0.328 e. The molecule has 1 atom stereocenters. The molecule has 2 nitrogen and oxygen atoms in total. The molecular formula is C14H21Cl2FN2. The van der Waals surface area contributed by atoms with Crippen molar-refractivity contribution in [1.29, 1.82) is 0 Å². The number of fused-ring (bicyclic) bond motifs is 1. The van der Waals surface area contributed by atoms with E-state index < -0.39 is 0 Å². The van der Waals surface area contributed by atoms with Crippen molar-refractivity contribution in [2.24, 2.45) is 5.73 Å². The van der Waals surface area contributed by atoms with E-state index in [2.05, 4.69) is 4.90 Å². The van der Waals surface area contributed by atoms with Gasteiger partial charge in [0.2, 0.25) is 0 Å². The minimum absolute atomic E-state index is 0. The summed E-state index contributed by atoms with van der Waals surface area (Å²) in [4.78, 5) is 2.48. The SMILES string of the molecule is Cl.Cl.NC1CCN(C2CCc3ccc(F)cc32)CC1. The third-order valence-corrected chi connectivity index (χ3v) is 4.17. The lowest BCUT2D eigenvalue weighted by Gasteiger charge is -2.35. The first-order chi connectivity index (χ1) is 8.24. The van der Waals surface area contributed by atoms with E-state index in [-0.39, 0.29) is 30.6 Å². The fraction of sp³-hybridized carbons (Fsp3) is 0.571. The molecule has 5 heteroatoms. The van der Waals surface area contributed by atoms with Gasteiger partial charge in [0.1, 0.15) is 5.82 Å². The van der Waals surface area contributed by atoms with Crippen LogP contribution in [0, 0.1) is 5.82 Å². The van der Waals surface area contributed by atoms with Crippen LogP contribution in [0.15, 0.2) is 18.2 Å². The van der Waals surface area contributed by atoms with Crippen LogP contribution in [0.4, 0.5) is 4.39 Å². The molecule has 0 spiro atoms. The topological polar surface area (TPSA) is 29.3 Å². The highest BCUT2D eigenvalue weighted by Gasteiger charge is 2.30. The monoisotopic (exact) mass is 306 g/mol. The van der Waals surface area contributed by atoms with Crippen molar-refractivity contribution in [1.82, 2.24) is 4.90 Å². The Hall–Kier alpha value is -0.350. The van der Waals surface area contributed by atoms with Crippen molar-refractivity contribution in [2.75, 3.05) is 13.1 Å². The summed E-state index contributed by atoms with van der Waals surface area (Å²) in [6, 6.07) is 6.03. The Morgan fingerprint density at radius 3 is 2.47 bits per heavy atom. The van der Waals surface area contributed by atoms with Crippen LogP contribution in [0.3, 0.4) is 0 Å². The molecule has 0 radical (unpaired) electrons. The summed E-state index contributed by atoms with van der Waals surface area (Å²) in [7, 11) is 0. The lowest BCUT2D eigenvalue weighted by molar-refractivity contribution is 0.152. The van der Waals surface area contributed by atoms with Gasteiger partial charge in [0.25, 0.3) is 0 Å². The fourth-order valence-corrected chi connectivity index (χ4v) is 3.16. The minimum Gasteiger partial charge on any atom is -0.328 e. The zero-order valence-corrected chi connectivity index (χ0v) is 12.5.